The second-order valence-electron chi connectivity index (χ2n) is 7.94. The second kappa shape index (κ2) is 10.1. The van der Waals surface area contributed by atoms with Crippen LogP contribution in [0.15, 0.2) is 53.4 Å². The van der Waals surface area contributed by atoms with Crippen molar-refractivity contribution < 1.29 is 27.5 Å². The van der Waals surface area contributed by atoms with Crippen molar-refractivity contribution in [2.24, 2.45) is 0 Å². The molecule has 0 radical (unpaired) electrons. The number of hydrogen-bond donors (Lipinski definition) is 2. The largest absolute Gasteiger partial charge is 0.495 e. The fourth-order valence-corrected chi connectivity index (χ4v) is 4.67. The van der Waals surface area contributed by atoms with Crippen molar-refractivity contribution in [2.75, 3.05) is 7.11 Å². The van der Waals surface area contributed by atoms with E-state index in [1.54, 1.807) is 26.0 Å². The van der Waals surface area contributed by atoms with Gasteiger partial charge < -0.3 is 14.8 Å². The van der Waals surface area contributed by atoms with Gasteiger partial charge in [0, 0.05) is 11.6 Å². The summed E-state index contributed by atoms with van der Waals surface area (Å²) in [4.78, 5) is 25.2. The highest BCUT2D eigenvalue weighted by Gasteiger charge is 2.30. The van der Waals surface area contributed by atoms with Crippen LogP contribution >= 0.6 is 0 Å². The maximum atomic E-state index is 13.0. The minimum Gasteiger partial charge on any atom is -0.495 e. The maximum Gasteiger partial charge on any atom is 0.308 e. The number of carbonyl (C=O) groups excluding carboxylic acids is 2. The summed E-state index contributed by atoms with van der Waals surface area (Å²) < 4.78 is 38.5. The van der Waals surface area contributed by atoms with Gasteiger partial charge in [-0.2, -0.15) is 0 Å². The zero-order valence-corrected chi connectivity index (χ0v) is 19.1. The van der Waals surface area contributed by atoms with Gasteiger partial charge in [0.25, 0.3) is 5.91 Å². The molecule has 8 nitrogen and oxygen atoms in total. The lowest BCUT2D eigenvalue weighted by Gasteiger charge is -2.20. The van der Waals surface area contributed by atoms with Gasteiger partial charge in [0.2, 0.25) is 10.0 Å². The third-order valence-electron chi connectivity index (χ3n) is 4.86. The number of nitrogens with one attached hydrogen (secondary N) is 2. The van der Waals surface area contributed by atoms with Gasteiger partial charge in [0.15, 0.2) is 0 Å². The summed E-state index contributed by atoms with van der Waals surface area (Å²) in [5.74, 6) is -0.808. The molecule has 0 spiro atoms. The zero-order chi connectivity index (χ0) is 23.3. The third kappa shape index (κ3) is 6.30. The molecule has 2 aromatic carbocycles. The normalized spacial score (nSPS) is 14.6. The predicted octanol–water partition coefficient (Wildman–Crippen LogP) is 2.95. The van der Waals surface area contributed by atoms with E-state index in [0.29, 0.717) is 0 Å². The van der Waals surface area contributed by atoms with Gasteiger partial charge in [-0.25, -0.2) is 13.1 Å². The molecule has 2 aromatic rings. The molecule has 1 aliphatic carbocycles. The summed E-state index contributed by atoms with van der Waals surface area (Å²) in [6.45, 7) is 3.51. The Labute approximate surface area is 188 Å². The Kier molecular flexibility index (Phi) is 7.52. The van der Waals surface area contributed by atoms with E-state index in [9.17, 15) is 18.0 Å². The van der Waals surface area contributed by atoms with Crippen LogP contribution in [0.2, 0.25) is 0 Å². The van der Waals surface area contributed by atoms with Gasteiger partial charge in [0.1, 0.15) is 10.6 Å². The van der Waals surface area contributed by atoms with Crippen LogP contribution in [0.5, 0.6) is 5.75 Å². The average Bonchev–Trinajstić information content (AvgIpc) is 3.56. The molecule has 0 heterocycles. The highest BCUT2D eigenvalue weighted by Crippen LogP contribution is 2.29. The van der Waals surface area contributed by atoms with Crippen molar-refractivity contribution in [3.8, 4) is 5.75 Å². The molecule has 1 atom stereocenters. The minimum absolute atomic E-state index is 0.0571. The van der Waals surface area contributed by atoms with Crippen LogP contribution in [0.1, 0.15) is 55.1 Å². The van der Waals surface area contributed by atoms with Gasteiger partial charge in [0.05, 0.1) is 25.7 Å². The molecule has 0 aliphatic heterocycles. The number of ether oxygens (including phenoxy) is 2. The van der Waals surface area contributed by atoms with Gasteiger partial charge in [-0.3, -0.25) is 9.59 Å². The first-order valence-corrected chi connectivity index (χ1v) is 11.9. The van der Waals surface area contributed by atoms with Crippen molar-refractivity contribution >= 4 is 21.9 Å². The Morgan fingerprint density at radius 3 is 2.38 bits per heavy atom. The second-order valence-corrected chi connectivity index (χ2v) is 9.62. The highest BCUT2D eigenvalue weighted by molar-refractivity contribution is 7.89. The lowest BCUT2D eigenvalue weighted by Crippen LogP contribution is -2.31. The van der Waals surface area contributed by atoms with Gasteiger partial charge in [-0.1, -0.05) is 30.3 Å². The molecular weight excluding hydrogens is 432 g/mol. The number of sulfonamides is 1. The molecule has 172 valence electrons. The van der Waals surface area contributed by atoms with Crippen LogP contribution in [0.3, 0.4) is 0 Å². The first-order chi connectivity index (χ1) is 15.2. The molecule has 1 fully saturated rings. The lowest BCUT2D eigenvalue weighted by molar-refractivity contribution is -0.147. The number of esters is 1. The van der Waals surface area contributed by atoms with E-state index < -0.39 is 27.9 Å². The molecule has 0 saturated heterocycles. The first kappa shape index (κ1) is 23.7. The van der Waals surface area contributed by atoms with E-state index in [1.165, 1.54) is 25.3 Å². The summed E-state index contributed by atoms with van der Waals surface area (Å²) in [5.41, 5.74) is 0.874. The number of amides is 1. The van der Waals surface area contributed by atoms with E-state index in [2.05, 4.69) is 10.0 Å². The zero-order valence-electron chi connectivity index (χ0n) is 18.3. The third-order valence-corrected chi connectivity index (χ3v) is 6.40. The summed E-state index contributed by atoms with van der Waals surface area (Å²) >= 11 is 0. The molecule has 1 unspecified atom stereocenters. The Balaban J connectivity index is 1.85. The number of rotatable bonds is 10. The summed E-state index contributed by atoms with van der Waals surface area (Å²) in [5, 5.41) is 2.83. The maximum absolute atomic E-state index is 13.0. The standard InChI is InChI=1S/C23H28N2O6S/c1-15(2)31-22(26)14-19(16-7-5-4-6-8-16)24-23(27)17-9-12-20(30-3)21(13-17)32(28,29)25-18-10-11-18/h4-9,12-13,15,18-19,25H,10-11,14H2,1-3H3,(H,24,27). The van der Waals surface area contributed by atoms with Crippen LogP contribution in [-0.2, 0) is 19.6 Å². The molecule has 2 N–H and O–H groups in total. The fraction of sp³-hybridized carbons (Fsp3) is 0.391. The van der Waals surface area contributed by atoms with Crippen LogP contribution in [0.4, 0.5) is 0 Å². The molecule has 32 heavy (non-hydrogen) atoms. The number of hydrogen-bond acceptors (Lipinski definition) is 6. The Bertz CT molecular complexity index is 1070. The smallest absolute Gasteiger partial charge is 0.308 e. The van der Waals surface area contributed by atoms with Crippen LogP contribution in [0.25, 0.3) is 0 Å². The topological polar surface area (TPSA) is 111 Å². The molecule has 1 amide bonds. The summed E-state index contributed by atoms with van der Waals surface area (Å²) in [7, 11) is -2.47. The molecule has 1 aliphatic rings. The Hall–Kier alpha value is -2.91. The van der Waals surface area contributed by atoms with E-state index >= 15 is 0 Å². The number of methoxy groups -OCH3 is 1. The van der Waals surface area contributed by atoms with E-state index in [4.69, 9.17) is 9.47 Å². The SMILES string of the molecule is COc1ccc(C(=O)NC(CC(=O)OC(C)C)c2ccccc2)cc1S(=O)(=O)NC1CC1. The molecule has 9 heteroatoms. The Morgan fingerprint density at radius 1 is 1.09 bits per heavy atom. The van der Waals surface area contributed by atoms with E-state index in [1.807, 2.05) is 18.2 Å². The van der Waals surface area contributed by atoms with Crippen molar-refractivity contribution in [2.45, 2.75) is 56.2 Å². The first-order valence-electron chi connectivity index (χ1n) is 10.4. The van der Waals surface area contributed by atoms with Crippen LogP contribution < -0.4 is 14.8 Å². The summed E-state index contributed by atoms with van der Waals surface area (Å²) in [6.07, 6.45) is 1.24. The van der Waals surface area contributed by atoms with Gasteiger partial charge in [-0.15, -0.1) is 0 Å². The van der Waals surface area contributed by atoms with Crippen molar-refractivity contribution in [1.82, 2.24) is 10.0 Å². The van der Waals surface area contributed by atoms with E-state index in [0.717, 1.165) is 18.4 Å². The number of benzene rings is 2. The van der Waals surface area contributed by atoms with Crippen molar-refractivity contribution in [3.63, 3.8) is 0 Å². The fourth-order valence-electron chi connectivity index (χ4n) is 3.17. The molecule has 0 aromatic heterocycles. The predicted molar refractivity (Wildman–Crippen MR) is 119 cm³/mol. The van der Waals surface area contributed by atoms with Crippen molar-refractivity contribution in [1.29, 1.82) is 0 Å². The number of carbonyl (C=O) groups is 2. The summed E-state index contributed by atoms with van der Waals surface area (Å²) in [6, 6.07) is 12.6. The molecule has 0 bridgehead atoms. The lowest BCUT2D eigenvalue weighted by atomic mass is 10.0. The monoisotopic (exact) mass is 460 g/mol. The van der Waals surface area contributed by atoms with Gasteiger partial charge >= 0.3 is 5.97 Å². The Morgan fingerprint density at radius 2 is 1.78 bits per heavy atom. The molecule has 1 saturated carbocycles. The molecular formula is C23H28N2O6S. The van der Waals surface area contributed by atoms with Crippen molar-refractivity contribution in [3.05, 3.63) is 59.7 Å². The van der Waals surface area contributed by atoms with Gasteiger partial charge in [-0.05, 0) is 50.5 Å². The van der Waals surface area contributed by atoms with E-state index in [-0.39, 0.29) is 34.8 Å². The van der Waals surface area contributed by atoms with Crippen LogP contribution in [0, 0.1) is 0 Å². The molecule has 3 rings (SSSR count). The quantitative estimate of drug-likeness (QED) is 0.528. The minimum atomic E-state index is -3.84. The highest BCUT2D eigenvalue weighted by atomic mass is 32.2. The average molecular weight is 461 g/mol. The van der Waals surface area contributed by atoms with Crippen LogP contribution in [-0.4, -0.2) is 39.5 Å².